The number of nitrogens with zero attached hydrogens (tertiary/aromatic N) is 2. The van der Waals surface area contributed by atoms with E-state index < -0.39 is 34.9 Å². The lowest BCUT2D eigenvalue weighted by atomic mass is 9.76. The first kappa shape index (κ1) is 29.7. The molecule has 0 bridgehead atoms. The van der Waals surface area contributed by atoms with E-state index in [0.717, 1.165) is 32.9 Å². The van der Waals surface area contributed by atoms with E-state index in [2.05, 4.69) is 5.32 Å². The molecule has 0 fully saturated rings. The number of aromatic nitrogens is 2. The van der Waals surface area contributed by atoms with E-state index in [1.54, 1.807) is 24.3 Å². The minimum atomic E-state index is -1.09. The van der Waals surface area contributed by atoms with Crippen LogP contribution in [0.5, 0.6) is 0 Å². The fourth-order valence-corrected chi connectivity index (χ4v) is 6.03. The average Bonchev–Trinajstić information content (AvgIpc) is 3.35. The molecule has 6 rings (SSSR count). The smallest absolute Gasteiger partial charge is 0.333 e. The van der Waals surface area contributed by atoms with Gasteiger partial charge in [0.15, 0.2) is 11.6 Å². The van der Waals surface area contributed by atoms with Gasteiger partial charge in [0.05, 0.1) is 23.9 Å². The van der Waals surface area contributed by atoms with Crippen molar-refractivity contribution in [1.29, 1.82) is 0 Å². The van der Waals surface area contributed by atoms with Crippen LogP contribution in [0.4, 0.5) is 8.78 Å². The third-order valence-corrected chi connectivity index (χ3v) is 8.24. The number of hydrogen-bond acceptors (Lipinski definition) is 4. The molecule has 226 valence electrons. The Morgan fingerprint density at radius 2 is 1.29 bits per heavy atom. The number of carbonyl (C=O) groups is 1. The highest BCUT2D eigenvalue weighted by Crippen LogP contribution is 2.37. The summed E-state index contributed by atoms with van der Waals surface area (Å²) < 4.78 is 36.8. The van der Waals surface area contributed by atoms with E-state index in [1.807, 2.05) is 91.0 Å². The first-order chi connectivity index (χ1) is 21.8. The van der Waals surface area contributed by atoms with Gasteiger partial charge in [-0.15, -0.1) is 0 Å². The molecule has 1 unspecified atom stereocenters. The first-order valence-electron chi connectivity index (χ1n) is 14.5. The minimum absolute atomic E-state index is 0.136. The normalized spacial score (nSPS) is 12.3. The molecule has 5 aromatic carbocycles. The zero-order chi connectivity index (χ0) is 31.6. The standard InChI is InChI=1S/C37H31F2N3O3/c1-41-32-23-22-30(38)33(39)34(32)42(36(41)44)29-20-18-25(19-21-29)24-31(35(43)45-2)40-37(26-12-6-3-7-13-26,27-14-8-4-9-15-27)28-16-10-5-11-17-28/h3-23,31,40H,24H2,1-2H3. The monoisotopic (exact) mass is 603 g/mol. The van der Waals surface area contributed by atoms with Gasteiger partial charge in [-0.05, 0) is 52.9 Å². The molecule has 1 atom stereocenters. The molecule has 45 heavy (non-hydrogen) atoms. The van der Waals surface area contributed by atoms with E-state index in [9.17, 15) is 18.4 Å². The number of halogens is 2. The summed E-state index contributed by atoms with van der Waals surface area (Å²) in [6.45, 7) is 0. The van der Waals surface area contributed by atoms with Crippen molar-refractivity contribution in [1.82, 2.24) is 14.5 Å². The second-order valence-corrected chi connectivity index (χ2v) is 10.8. The maximum Gasteiger partial charge on any atom is 0.333 e. The Kier molecular flexibility index (Phi) is 8.15. The van der Waals surface area contributed by atoms with Crippen LogP contribution in [-0.4, -0.2) is 28.3 Å². The van der Waals surface area contributed by atoms with Crippen LogP contribution in [0.3, 0.4) is 0 Å². The number of imidazole rings is 1. The summed E-state index contributed by atoms with van der Waals surface area (Å²) in [7, 11) is 2.87. The summed E-state index contributed by atoms with van der Waals surface area (Å²) in [5.41, 5.74) is 2.68. The molecule has 0 aliphatic carbocycles. The molecule has 6 aromatic rings. The van der Waals surface area contributed by atoms with Crippen LogP contribution in [0.25, 0.3) is 16.7 Å². The number of aryl methyl sites for hydroxylation is 1. The van der Waals surface area contributed by atoms with Gasteiger partial charge in [-0.1, -0.05) is 103 Å². The fourth-order valence-electron chi connectivity index (χ4n) is 6.03. The van der Waals surface area contributed by atoms with Crippen molar-refractivity contribution in [2.45, 2.75) is 18.0 Å². The van der Waals surface area contributed by atoms with Gasteiger partial charge in [-0.2, -0.15) is 0 Å². The van der Waals surface area contributed by atoms with Crippen LogP contribution in [0.15, 0.2) is 132 Å². The molecule has 0 saturated carbocycles. The van der Waals surface area contributed by atoms with Gasteiger partial charge in [0.2, 0.25) is 0 Å². The van der Waals surface area contributed by atoms with E-state index in [4.69, 9.17) is 4.74 Å². The number of rotatable bonds is 9. The first-order valence-corrected chi connectivity index (χ1v) is 14.5. The van der Waals surface area contributed by atoms with Crippen molar-refractivity contribution >= 4 is 17.0 Å². The summed E-state index contributed by atoms with van der Waals surface area (Å²) in [6.07, 6.45) is 0.245. The number of nitrogens with one attached hydrogen (secondary N) is 1. The van der Waals surface area contributed by atoms with Crippen molar-refractivity contribution in [2.75, 3.05) is 7.11 Å². The Hall–Kier alpha value is -5.34. The predicted molar refractivity (Wildman–Crippen MR) is 170 cm³/mol. The molecule has 1 heterocycles. The lowest BCUT2D eigenvalue weighted by molar-refractivity contribution is -0.143. The summed E-state index contributed by atoms with van der Waals surface area (Å²) >= 11 is 0. The van der Waals surface area contributed by atoms with Gasteiger partial charge in [0, 0.05) is 7.05 Å². The Balaban J connectivity index is 1.42. The second-order valence-electron chi connectivity index (χ2n) is 10.8. The Labute approximate surface area is 259 Å². The Morgan fingerprint density at radius 1 is 0.778 bits per heavy atom. The van der Waals surface area contributed by atoms with Crippen molar-refractivity contribution in [3.8, 4) is 5.69 Å². The van der Waals surface area contributed by atoms with Crippen LogP contribution in [0.1, 0.15) is 22.3 Å². The van der Waals surface area contributed by atoms with Crippen molar-refractivity contribution in [2.24, 2.45) is 7.05 Å². The number of methoxy groups -OCH3 is 1. The third-order valence-electron chi connectivity index (χ3n) is 8.24. The highest BCUT2D eigenvalue weighted by atomic mass is 19.2. The molecule has 6 nitrogen and oxygen atoms in total. The van der Waals surface area contributed by atoms with Crippen LogP contribution >= 0.6 is 0 Å². The van der Waals surface area contributed by atoms with Gasteiger partial charge >= 0.3 is 11.7 Å². The third kappa shape index (κ3) is 5.34. The summed E-state index contributed by atoms with van der Waals surface area (Å²) in [5, 5.41) is 3.69. The average molecular weight is 604 g/mol. The summed E-state index contributed by atoms with van der Waals surface area (Å²) in [4.78, 5) is 26.5. The second kappa shape index (κ2) is 12.3. The van der Waals surface area contributed by atoms with Crippen LogP contribution < -0.4 is 11.0 Å². The quantitative estimate of drug-likeness (QED) is 0.156. The van der Waals surface area contributed by atoms with Crippen molar-refractivity contribution in [3.63, 3.8) is 0 Å². The molecule has 0 amide bonds. The number of esters is 1. The predicted octanol–water partition coefficient (Wildman–Crippen LogP) is 6.27. The Bertz CT molecular complexity index is 1910. The van der Waals surface area contributed by atoms with Gasteiger partial charge < -0.3 is 4.74 Å². The zero-order valence-corrected chi connectivity index (χ0v) is 24.8. The number of fused-ring (bicyclic) bond motifs is 1. The maximum atomic E-state index is 14.9. The van der Waals surface area contributed by atoms with E-state index >= 15 is 0 Å². The molecule has 0 aliphatic rings. The Morgan fingerprint density at radius 3 is 1.78 bits per heavy atom. The van der Waals surface area contributed by atoms with Gasteiger partial charge in [0.1, 0.15) is 11.6 Å². The topological polar surface area (TPSA) is 65.3 Å². The van der Waals surface area contributed by atoms with Crippen LogP contribution in [0, 0.1) is 11.6 Å². The SMILES string of the molecule is COC(=O)C(Cc1ccc(-n2c(=O)n(C)c3ccc(F)c(F)c32)cc1)NC(c1ccccc1)(c1ccccc1)c1ccccc1. The molecular weight excluding hydrogens is 572 g/mol. The number of hydrogen-bond donors (Lipinski definition) is 1. The summed E-state index contributed by atoms with van der Waals surface area (Å²) in [5.74, 6) is -2.58. The van der Waals surface area contributed by atoms with Crippen molar-refractivity contribution < 1.29 is 18.3 Å². The van der Waals surface area contributed by atoms with E-state index in [0.29, 0.717) is 5.69 Å². The van der Waals surface area contributed by atoms with E-state index in [-0.39, 0.29) is 17.5 Å². The van der Waals surface area contributed by atoms with Crippen LogP contribution in [-0.2, 0) is 28.5 Å². The highest BCUT2D eigenvalue weighted by molar-refractivity contribution is 5.79. The molecule has 0 radical (unpaired) electrons. The fraction of sp³-hybridized carbons (Fsp3) is 0.135. The number of carbonyl (C=O) groups excluding carboxylic acids is 1. The lowest BCUT2D eigenvalue weighted by Crippen LogP contribution is -2.53. The van der Waals surface area contributed by atoms with Crippen LogP contribution in [0.2, 0.25) is 0 Å². The van der Waals surface area contributed by atoms with Crippen molar-refractivity contribution in [3.05, 3.63) is 172 Å². The molecule has 1 aromatic heterocycles. The molecule has 1 N–H and O–H groups in total. The molecule has 8 heteroatoms. The molecule has 0 aliphatic heterocycles. The van der Waals surface area contributed by atoms with Gasteiger partial charge in [-0.25, -0.2) is 13.6 Å². The lowest BCUT2D eigenvalue weighted by Gasteiger charge is -2.39. The van der Waals surface area contributed by atoms with Gasteiger partial charge in [-0.3, -0.25) is 19.2 Å². The highest BCUT2D eigenvalue weighted by Gasteiger charge is 2.40. The molecular formula is C37H31F2N3O3. The largest absolute Gasteiger partial charge is 0.468 e. The van der Waals surface area contributed by atoms with E-state index in [1.165, 1.54) is 24.8 Å². The molecule has 0 spiro atoms. The number of ether oxygens (including phenoxy) is 1. The maximum absolute atomic E-state index is 14.9. The number of benzene rings is 5. The molecule has 0 saturated heterocycles. The summed E-state index contributed by atoms with van der Waals surface area (Å²) in [6, 6.07) is 38.3. The van der Waals surface area contributed by atoms with Gasteiger partial charge in [0.25, 0.3) is 0 Å². The zero-order valence-electron chi connectivity index (χ0n) is 24.8. The minimum Gasteiger partial charge on any atom is -0.468 e.